The molecule has 0 bridgehead atoms. The highest BCUT2D eigenvalue weighted by Gasteiger charge is 2.14. The van der Waals surface area contributed by atoms with E-state index in [-0.39, 0.29) is 11.4 Å². The third-order valence-corrected chi connectivity index (χ3v) is 2.63. The van der Waals surface area contributed by atoms with Crippen molar-refractivity contribution in [1.29, 1.82) is 0 Å². The Morgan fingerprint density at radius 1 is 1.32 bits per heavy atom. The summed E-state index contributed by atoms with van der Waals surface area (Å²) in [4.78, 5) is 25.4. The molecule has 2 rings (SSSR count). The lowest BCUT2D eigenvalue weighted by atomic mass is 10.2. The lowest BCUT2D eigenvalue weighted by molar-refractivity contribution is -0.139. The molecular formula is C12H8ClNO5. The van der Waals surface area contributed by atoms with Crippen LogP contribution in [0.4, 0.5) is 0 Å². The third kappa shape index (κ3) is 2.74. The molecule has 0 atom stereocenters. The highest BCUT2D eigenvalue weighted by Crippen LogP contribution is 2.31. The molecule has 7 heteroatoms. The fourth-order valence-electron chi connectivity index (χ4n) is 1.57. The first kappa shape index (κ1) is 13.1. The number of aliphatic carboxylic acids is 1. The molecule has 0 spiro atoms. The van der Waals surface area contributed by atoms with Crippen LogP contribution in [0.15, 0.2) is 24.3 Å². The number of hydrogen-bond acceptors (Lipinski definition) is 4. The van der Waals surface area contributed by atoms with Crippen LogP contribution in [0.1, 0.15) is 10.5 Å². The molecule has 0 saturated carbocycles. The molecule has 1 aromatic carbocycles. The molecule has 6 nitrogen and oxygen atoms in total. The minimum Gasteiger partial charge on any atom is -0.481 e. The summed E-state index contributed by atoms with van der Waals surface area (Å²) in [6.07, 6.45) is 0. The normalized spacial score (nSPS) is 10.4. The summed E-state index contributed by atoms with van der Waals surface area (Å²) in [7, 11) is 0. The fourth-order valence-corrected chi connectivity index (χ4v) is 1.83. The smallest absolute Gasteiger partial charge is 0.354 e. The molecule has 0 unspecified atom stereocenters. The minimum absolute atomic E-state index is 0.0791. The third-order valence-electron chi connectivity index (χ3n) is 2.32. The van der Waals surface area contributed by atoms with E-state index in [0.717, 1.165) is 6.07 Å². The molecule has 1 aromatic heterocycles. The number of nitrogens with zero attached hydrogens (tertiary/aromatic N) is 1. The Morgan fingerprint density at radius 3 is 2.68 bits per heavy atom. The Balaban J connectivity index is 2.62. The van der Waals surface area contributed by atoms with E-state index in [9.17, 15) is 9.59 Å². The molecule has 0 aliphatic rings. The number of halogens is 1. The van der Waals surface area contributed by atoms with E-state index in [1.807, 2.05) is 0 Å². The van der Waals surface area contributed by atoms with Gasteiger partial charge in [0.25, 0.3) is 0 Å². The molecule has 1 heterocycles. The number of carbonyl (C=O) groups is 2. The summed E-state index contributed by atoms with van der Waals surface area (Å²) in [5, 5.41) is 18.2. The van der Waals surface area contributed by atoms with Crippen LogP contribution < -0.4 is 4.74 Å². The van der Waals surface area contributed by atoms with E-state index in [2.05, 4.69) is 4.98 Å². The fraction of sp³-hybridized carbons (Fsp3) is 0.0833. The van der Waals surface area contributed by atoms with E-state index in [1.54, 1.807) is 18.2 Å². The predicted octanol–water partition coefficient (Wildman–Crippen LogP) is 2.05. The molecule has 0 radical (unpaired) electrons. The Kier molecular flexibility index (Phi) is 3.52. The van der Waals surface area contributed by atoms with Crippen LogP contribution in [0.25, 0.3) is 10.9 Å². The topological polar surface area (TPSA) is 96.7 Å². The summed E-state index contributed by atoms with van der Waals surface area (Å²) in [6.45, 7) is -0.594. The molecule has 19 heavy (non-hydrogen) atoms. The maximum absolute atomic E-state index is 11.0. The summed E-state index contributed by atoms with van der Waals surface area (Å²) in [5.41, 5.74) is 0.0861. The van der Waals surface area contributed by atoms with Crippen LogP contribution in [-0.2, 0) is 4.79 Å². The standard InChI is InChI=1S/C12H8ClNO5/c13-6-2-1-3-7-11(6)9(19-5-10(15)16)4-8(14-7)12(17)18/h1-4H,5H2,(H,15,16)(H,17,18). The Hall–Kier alpha value is -2.34. The van der Waals surface area contributed by atoms with Crippen molar-refractivity contribution < 1.29 is 24.5 Å². The van der Waals surface area contributed by atoms with Crippen molar-refractivity contribution in [3.8, 4) is 5.75 Å². The van der Waals surface area contributed by atoms with Crippen molar-refractivity contribution >= 4 is 34.4 Å². The number of carboxylic acids is 2. The summed E-state index contributed by atoms with van der Waals surface area (Å²) >= 11 is 5.99. The number of benzene rings is 1. The second-order valence-corrected chi connectivity index (χ2v) is 4.03. The number of aromatic carboxylic acids is 1. The van der Waals surface area contributed by atoms with Gasteiger partial charge in [0, 0.05) is 6.07 Å². The SMILES string of the molecule is O=C(O)COc1cc(C(=O)O)nc2cccc(Cl)c12. The molecule has 0 fully saturated rings. The summed E-state index contributed by atoms with van der Waals surface area (Å²) < 4.78 is 5.07. The van der Waals surface area contributed by atoms with Gasteiger partial charge in [0.05, 0.1) is 15.9 Å². The summed E-state index contributed by atoms with van der Waals surface area (Å²) in [6, 6.07) is 5.92. The van der Waals surface area contributed by atoms with Crippen LogP contribution >= 0.6 is 11.6 Å². The number of pyridine rings is 1. The monoisotopic (exact) mass is 281 g/mol. The Bertz CT molecular complexity index is 670. The lowest BCUT2D eigenvalue weighted by Gasteiger charge is -2.09. The number of hydrogen-bond donors (Lipinski definition) is 2. The molecule has 0 amide bonds. The van der Waals surface area contributed by atoms with Gasteiger partial charge in [-0.2, -0.15) is 0 Å². The number of rotatable bonds is 4. The first-order valence-electron chi connectivity index (χ1n) is 5.16. The highest BCUT2D eigenvalue weighted by atomic mass is 35.5. The zero-order chi connectivity index (χ0) is 14.0. The van der Waals surface area contributed by atoms with Gasteiger partial charge in [0.2, 0.25) is 0 Å². The zero-order valence-corrected chi connectivity index (χ0v) is 10.2. The average molecular weight is 282 g/mol. The largest absolute Gasteiger partial charge is 0.481 e. The molecular weight excluding hydrogens is 274 g/mol. The number of ether oxygens (including phenoxy) is 1. The van der Waals surface area contributed by atoms with E-state index >= 15 is 0 Å². The van der Waals surface area contributed by atoms with E-state index in [0.29, 0.717) is 15.9 Å². The van der Waals surface area contributed by atoms with Crippen molar-refractivity contribution in [2.24, 2.45) is 0 Å². The molecule has 98 valence electrons. The lowest BCUT2D eigenvalue weighted by Crippen LogP contribution is -2.11. The maximum atomic E-state index is 11.0. The van der Waals surface area contributed by atoms with Gasteiger partial charge in [-0.05, 0) is 12.1 Å². The van der Waals surface area contributed by atoms with E-state index in [1.165, 1.54) is 0 Å². The van der Waals surface area contributed by atoms with Crippen LogP contribution in [0.2, 0.25) is 5.02 Å². The number of carboxylic acid groups (broad SMARTS) is 2. The predicted molar refractivity (Wildman–Crippen MR) is 66.8 cm³/mol. The highest BCUT2D eigenvalue weighted by molar-refractivity contribution is 6.36. The molecule has 0 aliphatic carbocycles. The quantitative estimate of drug-likeness (QED) is 0.890. The molecule has 0 saturated heterocycles. The molecule has 2 aromatic rings. The molecule has 2 N–H and O–H groups in total. The Labute approximate surface area is 112 Å². The van der Waals surface area contributed by atoms with Gasteiger partial charge in [0.1, 0.15) is 5.75 Å². The van der Waals surface area contributed by atoms with Crippen molar-refractivity contribution in [1.82, 2.24) is 4.98 Å². The van der Waals surface area contributed by atoms with E-state index in [4.69, 9.17) is 26.6 Å². The van der Waals surface area contributed by atoms with Crippen LogP contribution in [0.3, 0.4) is 0 Å². The van der Waals surface area contributed by atoms with Crippen LogP contribution in [0, 0.1) is 0 Å². The minimum atomic E-state index is -1.23. The second-order valence-electron chi connectivity index (χ2n) is 3.63. The van der Waals surface area contributed by atoms with Crippen LogP contribution in [-0.4, -0.2) is 33.7 Å². The maximum Gasteiger partial charge on any atom is 0.354 e. The van der Waals surface area contributed by atoms with Gasteiger partial charge < -0.3 is 14.9 Å². The van der Waals surface area contributed by atoms with Crippen molar-refractivity contribution in [3.05, 3.63) is 35.0 Å². The van der Waals surface area contributed by atoms with Gasteiger partial charge >= 0.3 is 11.9 Å². The van der Waals surface area contributed by atoms with Crippen LogP contribution in [0.5, 0.6) is 5.75 Å². The van der Waals surface area contributed by atoms with Gasteiger partial charge in [-0.15, -0.1) is 0 Å². The second kappa shape index (κ2) is 5.11. The zero-order valence-electron chi connectivity index (χ0n) is 9.46. The first-order chi connectivity index (χ1) is 8.99. The Morgan fingerprint density at radius 2 is 2.05 bits per heavy atom. The van der Waals surface area contributed by atoms with Gasteiger partial charge in [-0.3, -0.25) is 0 Å². The number of aromatic nitrogens is 1. The first-order valence-corrected chi connectivity index (χ1v) is 5.54. The van der Waals surface area contributed by atoms with Gasteiger partial charge in [-0.25, -0.2) is 14.6 Å². The van der Waals surface area contributed by atoms with Crippen molar-refractivity contribution in [2.75, 3.05) is 6.61 Å². The van der Waals surface area contributed by atoms with Crippen molar-refractivity contribution in [2.45, 2.75) is 0 Å². The molecule has 0 aliphatic heterocycles. The van der Waals surface area contributed by atoms with Crippen molar-refractivity contribution in [3.63, 3.8) is 0 Å². The van der Waals surface area contributed by atoms with E-state index < -0.39 is 18.5 Å². The van der Waals surface area contributed by atoms with Gasteiger partial charge in [-0.1, -0.05) is 17.7 Å². The number of fused-ring (bicyclic) bond motifs is 1. The average Bonchev–Trinajstić information content (AvgIpc) is 2.35. The van der Waals surface area contributed by atoms with Gasteiger partial charge in [0.15, 0.2) is 12.3 Å². The summed E-state index contributed by atoms with van der Waals surface area (Å²) in [5.74, 6) is -2.33.